The van der Waals surface area contributed by atoms with Crippen molar-refractivity contribution in [3.8, 4) is 6.07 Å². The number of hydrogen-bond donors (Lipinski definition) is 1. The third-order valence-electron chi connectivity index (χ3n) is 4.82. The smallest absolute Gasteiger partial charge is 0.244 e. The molecule has 0 saturated carbocycles. The van der Waals surface area contributed by atoms with Crippen LogP contribution in [0.2, 0.25) is 0 Å². The Morgan fingerprint density at radius 3 is 2.57 bits per heavy atom. The van der Waals surface area contributed by atoms with Crippen LogP contribution in [-0.4, -0.2) is 10.5 Å². The van der Waals surface area contributed by atoms with Gasteiger partial charge in [0.05, 0.1) is 18.5 Å². The Kier molecular flexibility index (Phi) is 6.29. The van der Waals surface area contributed by atoms with Gasteiger partial charge in [-0.2, -0.15) is 5.26 Å². The molecule has 0 saturated heterocycles. The first-order valence-electron chi connectivity index (χ1n) is 9.58. The van der Waals surface area contributed by atoms with E-state index >= 15 is 0 Å². The Balaban J connectivity index is 1.79. The van der Waals surface area contributed by atoms with Gasteiger partial charge in [-0.25, -0.2) is 0 Å². The number of para-hydroxylation sites is 1. The number of aryl methyl sites for hydroxylation is 1. The standard InChI is InChI=1S/C24H25N3O/c1-18(2)24(19-9-4-3-5-10-19)26-23(28)14-13-20-17-27(16-8-15-25)22-12-7-6-11-21(20)22/h3-7,9-14,17-18,24H,8,16H2,1-2H3,(H,26,28)/b14-13+. The highest BCUT2D eigenvalue weighted by Crippen LogP contribution is 2.24. The molecule has 1 atom stereocenters. The number of nitrogens with one attached hydrogen (secondary N) is 1. The molecule has 0 bridgehead atoms. The zero-order valence-corrected chi connectivity index (χ0v) is 16.3. The van der Waals surface area contributed by atoms with Crippen molar-refractivity contribution in [1.29, 1.82) is 5.26 Å². The summed E-state index contributed by atoms with van der Waals surface area (Å²) in [7, 11) is 0. The number of rotatable bonds is 7. The highest BCUT2D eigenvalue weighted by Gasteiger charge is 2.17. The number of fused-ring (bicyclic) bond motifs is 1. The molecule has 3 aromatic rings. The van der Waals surface area contributed by atoms with Gasteiger partial charge in [0, 0.05) is 35.3 Å². The van der Waals surface area contributed by atoms with E-state index in [2.05, 4.69) is 29.8 Å². The number of aromatic nitrogens is 1. The molecule has 1 aromatic heterocycles. The Morgan fingerprint density at radius 2 is 1.86 bits per heavy atom. The summed E-state index contributed by atoms with van der Waals surface area (Å²) in [6, 6.07) is 20.2. The number of hydrogen-bond acceptors (Lipinski definition) is 2. The predicted molar refractivity (Wildman–Crippen MR) is 113 cm³/mol. The van der Waals surface area contributed by atoms with E-state index < -0.39 is 0 Å². The first-order chi connectivity index (χ1) is 13.6. The molecule has 2 aromatic carbocycles. The molecular formula is C24H25N3O. The van der Waals surface area contributed by atoms with Gasteiger partial charge in [0.1, 0.15) is 0 Å². The van der Waals surface area contributed by atoms with E-state index in [1.165, 1.54) is 0 Å². The fourth-order valence-corrected chi connectivity index (χ4v) is 3.43. The Morgan fingerprint density at radius 1 is 1.14 bits per heavy atom. The lowest BCUT2D eigenvalue weighted by Gasteiger charge is -2.22. The third-order valence-corrected chi connectivity index (χ3v) is 4.82. The van der Waals surface area contributed by atoms with Crippen LogP contribution < -0.4 is 5.32 Å². The molecule has 0 aliphatic rings. The highest BCUT2D eigenvalue weighted by molar-refractivity contribution is 5.96. The molecule has 4 nitrogen and oxygen atoms in total. The van der Waals surface area contributed by atoms with Crippen molar-refractivity contribution in [3.63, 3.8) is 0 Å². The second-order valence-electron chi connectivity index (χ2n) is 7.18. The van der Waals surface area contributed by atoms with Crippen LogP contribution >= 0.6 is 0 Å². The van der Waals surface area contributed by atoms with Gasteiger partial charge in [-0.15, -0.1) is 0 Å². The number of carbonyl (C=O) groups is 1. The van der Waals surface area contributed by atoms with E-state index in [0.29, 0.717) is 13.0 Å². The minimum atomic E-state index is -0.114. The summed E-state index contributed by atoms with van der Waals surface area (Å²) in [6.45, 7) is 4.84. The van der Waals surface area contributed by atoms with Gasteiger partial charge >= 0.3 is 0 Å². The molecule has 0 aliphatic carbocycles. The third kappa shape index (κ3) is 4.50. The maximum atomic E-state index is 12.6. The zero-order valence-electron chi connectivity index (χ0n) is 16.3. The second-order valence-corrected chi connectivity index (χ2v) is 7.18. The van der Waals surface area contributed by atoms with Crippen LogP contribution in [0.5, 0.6) is 0 Å². The number of nitrogens with zero attached hydrogens (tertiary/aromatic N) is 2. The molecule has 1 amide bonds. The zero-order chi connectivity index (χ0) is 19.9. The minimum absolute atomic E-state index is 0.0321. The summed E-state index contributed by atoms with van der Waals surface area (Å²) in [5.74, 6) is 0.170. The average Bonchev–Trinajstić information content (AvgIpc) is 3.07. The molecule has 1 heterocycles. The van der Waals surface area contributed by atoms with E-state index in [0.717, 1.165) is 22.0 Å². The fourth-order valence-electron chi connectivity index (χ4n) is 3.43. The van der Waals surface area contributed by atoms with Crippen molar-refractivity contribution in [2.75, 3.05) is 0 Å². The van der Waals surface area contributed by atoms with Crippen LogP contribution in [0.3, 0.4) is 0 Å². The van der Waals surface area contributed by atoms with Crippen molar-refractivity contribution < 1.29 is 4.79 Å². The van der Waals surface area contributed by atoms with E-state index in [1.807, 2.05) is 66.9 Å². The first kappa shape index (κ1) is 19.4. The number of benzene rings is 2. The van der Waals surface area contributed by atoms with Crippen LogP contribution in [0.4, 0.5) is 0 Å². The summed E-state index contributed by atoms with van der Waals surface area (Å²) < 4.78 is 2.07. The van der Waals surface area contributed by atoms with Crippen LogP contribution in [0.1, 0.15) is 37.4 Å². The molecule has 0 aliphatic heterocycles. The number of carbonyl (C=O) groups excluding carboxylic acids is 1. The SMILES string of the molecule is CC(C)C(NC(=O)/C=C/c1cn(CCC#N)c2ccccc12)c1ccccc1. The van der Waals surface area contributed by atoms with Gasteiger partial charge in [0.25, 0.3) is 0 Å². The van der Waals surface area contributed by atoms with E-state index in [4.69, 9.17) is 5.26 Å². The predicted octanol–water partition coefficient (Wildman–Crippen LogP) is 5.08. The quantitative estimate of drug-likeness (QED) is 0.589. The Bertz CT molecular complexity index is 1010. The molecule has 0 spiro atoms. The first-order valence-corrected chi connectivity index (χ1v) is 9.58. The molecule has 1 N–H and O–H groups in total. The maximum Gasteiger partial charge on any atom is 0.244 e. The lowest BCUT2D eigenvalue weighted by molar-refractivity contribution is -0.117. The number of nitriles is 1. The van der Waals surface area contributed by atoms with Crippen LogP contribution in [0.15, 0.2) is 66.9 Å². The van der Waals surface area contributed by atoms with Crippen molar-refractivity contribution in [3.05, 3.63) is 78.0 Å². The molecule has 4 heteroatoms. The van der Waals surface area contributed by atoms with E-state index in [9.17, 15) is 4.79 Å². The maximum absolute atomic E-state index is 12.6. The summed E-state index contributed by atoms with van der Waals surface area (Å²) in [5, 5.41) is 13.1. The lowest BCUT2D eigenvalue weighted by atomic mass is 9.96. The largest absolute Gasteiger partial charge is 0.346 e. The monoisotopic (exact) mass is 371 g/mol. The second kappa shape index (κ2) is 9.05. The lowest BCUT2D eigenvalue weighted by Crippen LogP contribution is -2.30. The van der Waals surface area contributed by atoms with Crippen molar-refractivity contribution in [1.82, 2.24) is 9.88 Å². The van der Waals surface area contributed by atoms with Crippen LogP contribution in [-0.2, 0) is 11.3 Å². The molecule has 3 rings (SSSR count). The van der Waals surface area contributed by atoms with Gasteiger partial charge in [0.15, 0.2) is 0 Å². The van der Waals surface area contributed by atoms with Gasteiger partial charge in [-0.1, -0.05) is 62.4 Å². The van der Waals surface area contributed by atoms with Crippen molar-refractivity contribution >= 4 is 22.9 Å². The average molecular weight is 371 g/mol. The van der Waals surface area contributed by atoms with Crippen LogP contribution in [0, 0.1) is 17.2 Å². The van der Waals surface area contributed by atoms with Gasteiger partial charge < -0.3 is 9.88 Å². The number of amides is 1. The molecule has 142 valence electrons. The summed E-state index contributed by atoms with van der Waals surface area (Å²) in [5.41, 5.74) is 3.15. The fraction of sp³-hybridized carbons (Fsp3) is 0.250. The molecule has 0 radical (unpaired) electrons. The normalized spacial score (nSPS) is 12.4. The molecule has 1 unspecified atom stereocenters. The Labute approximate surface area is 166 Å². The van der Waals surface area contributed by atoms with Crippen molar-refractivity contribution in [2.24, 2.45) is 5.92 Å². The van der Waals surface area contributed by atoms with Crippen LogP contribution in [0.25, 0.3) is 17.0 Å². The molecule has 28 heavy (non-hydrogen) atoms. The van der Waals surface area contributed by atoms with Crippen molar-refractivity contribution in [2.45, 2.75) is 32.9 Å². The summed E-state index contributed by atoms with van der Waals surface area (Å²) in [6.07, 6.45) is 5.90. The summed E-state index contributed by atoms with van der Waals surface area (Å²) >= 11 is 0. The van der Waals surface area contributed by atoms with Gasteiger partial charge in [-0.3, -0.25) is 4.79 Å². The summed E-state index contributed by atoms with van der Waals surface area (Å²) in [4.78, 5) is 12.6. The Hall–Kier alpha value is -3.32. The minimum Gasteiger partial charge on any atom is -0.346 e. The van der Waals surface area contributed by atoms with Gasteiger partial charge in [0.2, 0.25) is 5.91 Å². The highest BCUT2D eigenvalue weighted by atomic mass is 16.1. The van der Waals surface area contributed by atoms with Gasteiger partial charge in [-0.05, 0) is 23.6 Å². The molecular weight excluding hydrogens is 346 g/mol. The van der Waals surface area contributed by atoms with E-state index in [1.54, 1.807) is 6.08 Å². The topological polar surface area (TPSA) is 57.8 Å². The molecule has 0 fully saturated rings. The van der Waals surface area contributed by atoms with E-state index in [-0.39, 0.29) is 17.9 Å².